The van der Waals surface area contributed by atoms with Crippen LogP contribution in [0.1, 0.15) is 17.5 Å². The molecule has 0 aliphatic carbocycles. The number of carbonyl (C=O) groups excluding carboxylic acids is 1. The first-order valence-electron chi connectivity index (χ1n) is 10.7. The second-order valence-corrected chi connectivity index (χ2v) is 8.45. The predicted molar refractivity (Wildman–Crippen MR) is 125 cm³/mol. The molecule has 6 heteroatoms. The van der Waals surface area contributed by atoms with Gasteiger partial charge in [0.2, 0.25) is 5.91 Å². The third kappa shape index (κ3) is 4.24. The summed E-state index contributed by atoms with van der Waals surface area (Å²) in [4.78, 5) is 16.5. The van der Waals surface area contributed by atoms with Crippen molar-refractivity contribution >= 4 is 28.8 Å². The van der Waals surface area contributed by atoms with Crippen LogP contribution in [-0.4, -0.2) is 48.1 Å². The minimum atomic E-state index is 0.0693. The molecular formula is C25H25ClN4O. The number of allylic oxidation sites excluding steroid dienone is 2. The molecule has 3 heterocycles. The zero-order valence-electron chi connectivity index (χ0n) is 17.2. The van der Waals surface area contributed by atoms with Gasteiger partial charge in [0.15, 0.2) is 0 Å². The van der Waals surface area contributed by atoms with Crippen molar-refractivity contribution in [1.82, 2.24) is 20.4 Å². The lowest BCUT2D eigenvalue weighted by Gasteiger charge is -2.30. The second kappa shape index (κ2) is 8.61. The average Bonchev–Trinajstić information content (AvgIpc) is 3.02. The molecule has 0 radical (unpaired) electrons. The third-order valence-electron chi connectivity index (χ3n) is 5.95. The van der Waals surface area contributed by atoms with Gasteiger partial charge in [-0.05, 0) is 34.9 Å². The Labute approximate surface area is 187 Å². The van der Waals surface area contributed by atoms with Gasteiger partial charge in [-0.2, -0.15) is 0 Å². The van der Waals surface area contributed by atoms with Gasteiger partial charge < -0.3 is 15.5 Å². The van der Waals surface area contributed by atoms with E-state index in [-0.39, 0.29) is 12.1 Å². The van der Waals surface area contributed by atoms with Crippen LogP contribution < -0.4 is 10.6 Å². The van der Waals surface area contributed by atoms with Crippen molar-refractivity contribution in [3.8, 4) is 0 Å². The summed E-state index contributed by atoms with van der Waals surface area (Å²) in [5.74, 6) is 0.129. The Balaban J connectivity index is 1.51. The van der Waals surface area contributed by atoms with Crippen LogP contribution in [0.4, 0.5) is 0 Å². The van der Waals surface area contributed by atoms with Crippen LogP contribution in [0.15, 0.2) is 78.6 Å². The first-order valence-corrected chi connectivity index (χ1v) is 11.0. The van der Waals surface area contributed by atoms with E-state index in [0.717, 1.165) is 35.9 Å². The number of halogens is 1. The predicted octanol–water partition coefficient (Wildman–Crippen LogP) is 3.67. The standard InChI is InChI=1S/C25H25ClN4O/c26-21-9-6-19(7-10-21)25-22(17-29-14-12-24(31)27-13-15-29)30-16-20(8-11-23(30)28-25)18-4-2-1-3-5-18/h1-11,16,23,28H,12-15,17H2,(H,27,31). The Bertz CT molecular complexity index is 1060. The largest absolute Gasteiger partial charge is 0.360 e. The lowest BCUT2D eigenvalue weighted by atomic mass is 10.0. The number of nitrogens with zero attached hydrogens (tertiary/aromatic N) is 2. The Morgan fingerprint density at radius 2 is 1.81 bits per heavy atom. The Kier molecular flexibility index (Phi) is 5.53. The van der Waals surface area contributed by atoms with Crippen molar-refractivity contribution in [1.29, 1.82) is 0 Å². The fourth-order valence-corrected chi connectivity index (χ4v) is 4.42. The molecule has 158 valence electrons. The lowest BCUT2D eigenvalue weighted by molar-refractivity contribution is -0.120. The minimum Gasteiger partial charge on any atom is -0.360 e. The summed E-state index contributed by atoms with van der Waals surface area (Å²) >= 11 is 6.14. The Morgan fingerprint density at radius 3 is 2.61 bits per heavy atom. The van der Waals surface area contributed by atoms with E-state index in [0.29, 0.717) is 13.0 Å². The van der Waals surface area contributed by atoms with Gasteiger partial charge in [0.05, 0.1) is 11.4 Å². The van der Waals surface area contributed by atoms with Gasteiger partial charge in [0, 0.05) is 43.8 Å². The summed E-state index contributed by atoms with van der Waals surface area (Å²) in [6.07, 6.45) is 7.22. The fourth-order valence-electron chi connectivity index (χ4n) is 4.30. The molecule has 1 saturated heterocycles. The molecular weight excluding hydrogens is 408 g/mol. The van der Waals surface area contributed by atoms with Crippen molar-refractivity contribution in [2.75, 3.05) is 26.2 Å². The van der Waals surface area contributed by atoms with E-state index >= 15 is 0 Å². The molecule has 0 aromatic heterocycles. The number of amides is 1. The maximum atomic E-state index is 11.8. The van der Waals surface area contributed by atoms with Crippen LogP contribution in [0, 0.1) is 0 Å². The van der Waals surface area contributed by atoms with Gasteiger partial charge in [-0.15, -0.1) is 0 Å². The summed E-state index contributed by atoms with van der Waals surface area (Å²) in [6.45, 7) is 3.05. The molecule has 1 atom stereocenters. The molecule has 5 nitrogen and oxygen atoms in total. The molecule has 2 N–H and O–H groups in total. The number of benzene rings is 2. The molecule has 3 aliphatic heterocycles. The van der Waals surface area contributed by atoms with Crippen molar-refractivity contribution in [3.63, 3.8) is 0 Å². The van der Waals surface area contributed by atoms with Gasteiger partial charge in [-0.3, -0.25) is 9.69 Å². The van der Waals surface area contributed by atoms with Gasteiger partial charge in [-0.25, -0.2) is 0 Å². The van der Waals surface area contributed by atoms with Crippen molar-refractivity contribution in [2.45, 2.75) is 12.6 Å². The van der Waals surface area contributed by atoms with Gasteiger partial charge >= 0.3 is 0 Å². The average molecular weight is 433 g/mol. The van der Waals surface area contributed by atoms with Crippen molar-refractivity contribution in [2.24, 2.45) is 0 Å². The van der Waals surface area contributed by atoms with Crippen molar-refractivity contribution < 1.29 is 4.79 Å². The first-order chi connectivity index (χ1) is 15.2. The van der Waals surface area contributed by atoms with Crippen LogP contribution in [0.5, 0.6) is 0 Å². The quantitative estimate of drug-likeness (QED) is 0.773. The third-order valence-corrected chi connectivity index (χ3v) is 6.20. The molecule has 3 aliphatic rings. The van der Waals surface area contributed by atoms with Crippen LogP contribution >= 0.6 is 11.6 Å². The molecule has 1 unspecified atom stereocenters. The number of nitrogens with one attached hydrogen (secondary N) is 2. The highest BCUT2D eigenvalue weighted by atomic mass is 35.5. The molecule has 0 saturated carbocycles. The molecule has 0 bridgehead atoms. The fraction of sp³-hybridized carbons (Fsp3) is 0.240. The SMILES string of the molecule is O=C1CCN(CC2=C(c3ccc(Cl)cc3)NC3C=CC(c4ccccc4)=CN23)CCN1. The number of hydrogen-bond donors (Lipinski definition) is 2. The molecule has 31 heavy (non-hydrogen) atoms. The molecule has 2 aromatic rings. The smallest absolute Gasteiger partial charge is 0.221 e. The number of fused-ring (bicyclic) bond motifs is 1. The van der Waals surface area contributed by atoms with Crippen LogP contribution in [0.2, 0.25) is 5.02 Å². The molecule has 2 aromatic carbocycles. The van der Waals surface area contributed by atoms with E-state index < -0.39 is 0 Å². The van der Waals surface area contributed by atoms with E-state index in [1.165, 1.54) is 16.8 Å². The Hall–Kier alpha value is -3.02. The van der Waals surface area contributed by atoms with E-state index in [9.17, 15) is 4.79 Å². The van der Waals surface area contributed by atoms with Crippen LogP contribution in [-0.2, 0) is 4.79 Å². The summed E-state index contributed by atoms with van der Waals surface area (Å²) < 4.78 is 0. The molecule has 5 rings (SSSR count). The van der Waals surface area contributed by atoms with E-state index in [1.54, 1.807) is 0 Å². The first kappa shape index (κ1) is 19.9. The second-order valence-electron chi connectivity index (χ2n) is 8.01. The normalized spacial score (nSPS) is 21.3. The molecule has 1 amide bonds. The highest BCUT2D eigenvalue weighted by Crippen LogP contribution is 2.34. The van der Waals surface area contributed by atoms with E-state index in [2.05, 4.69) is 75.2 Å². The molecule has 0 spiro atoms. The summed E-state index contributed by atoms with van der Waals surface area (Å²) in [6, 6.07) is 18.4. The van der Waals surface area contributed by atoms with Gasteiger partial charge in [-0.1, -0.05) is 60.1 Å². The highest BCUT2D eigenvalue weighted by molar-refractivity contribution is 6.30. The summed E-state index contributed by atoms with van der Waals surface area (Å²) in [5.41, 5.74) is 5.81. The number of carbonyl (C=O) groups is 1. The molecule has 1 fully saturated rings. The van der Waals surface area contributed by atoms with Gasteiger partial charge in [0.1, 0.15) is 6.17 Å². The monoisotopic (exact) mass is 432 g/mol. The summed E-state index contributed by atoms with van der Waals surface area (Å²) in [5, 5.41) is 7.38. The maximum absolute atomic E-state index is 11.8. The number of rotatable bonds is 4. The zero-order chi connectivity index (χ0) is 21.2. The van der Waals surface area contributed by atoms with Crippen LogP contribution in [0.3, 0.4) is 0 Å². The minimum absolute atomic E-state index is 0.0693. The van der Waals surface area contributed by atoms with E-state index in [4.69, 9.17) is 11.6 Å². The highest BCUT2D eigenvalue weighted by Gasteiger charge is 2.32. The van der Waals surface area contributed by atoms with E-state index in [1.807, 2.05) is 18.2 Å². The van der Waals surface area contributed by atoms with Crippen molar-refractivity contribution in [3.05, 3.63) is 94.8 Å². The summed E-state index contributed by atoms with van der Waals surface area (Å²) in [7, 11) is 0. The lowest BCUT2D eigenvalue weighted by Crippen LogP contribution is -2.37. The van der Waals surface area contributed by atoms with Gasteiger partial charge in [0.25, 0.3) is 0 Å². The van der Waals surface area contributed by atoms with Crippen LogP contribution in [0.25, 0.3) is 11.3 Å². The maximum Gasteiger partial charge on any atom is 0.221 e. The number of hydrogen-bond acceptors (Lipinski definition) is 4. The zero-order valence-corrected chi connectivity index (χ0v) is 18.0. The Morgan fingerprint density at radius 1 is 1.00 bits per heavy atom. The topological polar surface area (TPSA) is 47.6 Å².